The Labute approximate surface area is 114 Å². The van der Waals surface area contributed by atoms with Crippen LogP contribution in [0.15, 0.2) is 51.6 Å². The van der Waals surface area contributed by atoms with Crippen molar-refractivity contribution in [2.75, 3.05) is 0 Å². The summed E-state index contributed by atoms with van der Waals surface area (Å²) in [6.45, 7) is 1.98. The highest BCUT2D eigenvalue weighted by atomic mass is 79.9. The highest BCUT2D eigenvalue weighted by molar-refractivity contribution is 9.10. The molecular formula is C14H14BrNO2. The van der Waals surface area contributed by atoms with Crippen LogP contribution < -0.4 is 5.32 Å². The van der Waals surface area contributed by atoms with Crippen molar-refractivity contribution in [2.24, 2.45) is 0 Å². The Bertz CT molecular complexity index is 522. The summed E-state index contributed by atoms with van der Waals surface area (Å²) in [4.78, 5) is 11.8. The quantitative estimate of drug-likeness (QED) is 0.940. The van der Waals surface area contributed by atoms with Gasteiger partial charge in [0.05, 0.1) is 0 Å². The van der Waals surface area contributed by atoms with Crippen molar-refractivity contribution in [1.82, 2.24) is 5.32 Å². The first-order chi connectivity index (χ1) is 8.65. The zero-order valence-electron chi connectivity index (χ0n) is 10.0. The summed E-state index contributed by atoms with van der Waals surface area (Å²) in [5.41, 5.74) is 1.20. The van der Waals surface area contributed by atoms with E-state index in [2.05, 4.69) is 21.2 Å². The molecule has 0 aliphatic rings. The average molecular weight is 308 g/mol. The van der Waals surface area contributed by atoms with E-state index in [1.807, 2.05) is 37.3 Å². The summed E-state index contributed by atoms with van der Waals surface area (Å²) < 4.78 is 5.76. The lowest BCUT2D eigenvalue weighted by Crippen LogP contribution is -2.33. The van der Waals surface area contributed by atoms with Crippen molar-refractivity contribution in [2.45, 2.75) is 19.4 Å². The molecule has 2 rings (SSSR count). The summed E-state index contributed by atoms with van der Waals surface area (Å²) in [6, 6.07) is 13.5. The lowest BCUT2D eigenvalue weighted by Gasteiger charge is -2.12. The van der Waals surface area contributed by atoms with Crippen molar-refractivity contribution in [3.8, 4) is 0 Å². The number of amides is 1. The zero-order chi connectivity index (χ0) is 13.0. The SMILES string of the molecule is CC(Cc1ccccc1)NC(=O)c1ccc(Br)o1. The summed E-state index contributed by atoms with van der Waals surface area (Å²) in [6.07, 6.45) is 0.800. The number of hydrogen-bond acceptors (Lipinski definition) is 2. The number of halogens is 1. The third-order valence-corrected chi connectivity index (χ3v) is 2.99. The first kappa shape index (κ1) is 12.9. The molecule has 0 bridgehead atoms. The fourth-order valence-electron chi connectivity index (χ4n) is 1.75. The molecule has 0 saturated heterocycles. The molecule has 1 atom stereocenters. The molecule has 1 N–H and O–H groups in total. The van der Waals surface area contributed by atoms with Crippen molar-refractivity contribution < 1.29 is 9.21 Å². The molecular weight excluding hydrogens is 294 g/mol. The van der Waals surface area contributed by atoms with Gasteiger partial charge in [0.15, 0.2) is 10.4 Å². The van der Waals surface area contributed by atoms with Gasteiger partial charge in [0.2, 0.25) is 0 Å². The molecule has 1 aromatic heterocycles. The summed E-state index contributed by atoms with van der Waals surface area (Å²) in [5.74, 6) is 0.130. The smallest absolute Gasteiger partial charge is 0.287 e. The van der Waals surface area contributed by atoms with Crippen molar-refractivity contribution in [3.05, 3.63) is 58.5 Å². The van der Waals surface area contributed by atoms with Crippen LogP contribution in [0.3, 0.4) is 0 Å². The van der Waals surface area contributed by atoms with Gasteiger partial charge in [-0.2, -0.15) is 0 Å². The van der Waals surface area contributed by atoms with Gasteiger partial charge < -0.3 is 9.73 Å². The van der Waals surface area contributed by atoms with E-state index in [4.69, 9.17) is 4.42 Å². The molecule has 0 aliphatic heterocycles. The van der Waals surface area contributed by atoms with E-state index in [1.54, 1.807) is 12.1 Å². The van der Waals surface area contributed by atoms with Gasteiger partial charge in [0, 0.05) is 6.04 Å². The Morgan fingerprint density at radius 1 is 1.28 bits per heavy atom. The second-order valence-electron chi connectivity index (χ2n) is 4.17. The van der Waals surface area contributed by atoms with Crippen LogP contribution >= 0.6 is 15.9 Å². The first-order valence-electron chi connectivity index (χ1n) is 5.75. The second-order valence-corrected chi connectivity index (χ2v) is 4.95. The van der Waals surface area contributed by atoms with Crippen LogP contribution in [0.1, 0.15) is 23.0 Å². The fourth-order valence-corrected chi connectivity index (χ4v) is 2.06. The van der Waals surface area contributed by atoms with Crippen molar-refractivity contribution in [3.63, 3.8) is 0 Å². The van der Waals surface area contributed by atoms with E-state index in [-0.39, 0.29) is 11.9 Å². The molecule has 0 spiro atoms. The maximum atomic E-state index is 11.8. The Morgan fingerprint density at radius 2 is 2.00 bits per heavy atom. The maximum absolute atomic E-state index is 11.8. The third-order valence-electron chi connectivity index (χ3n) is 2.56. The molecule has 1 unspecified atom stereocenters. The molecule has 94 valence electrons. The summed E-state index contributed by atoms with van der Waals surface area (Å²) in [5, 5.41) is 2.90. The molecule has 4 heteroatoms. The minimum atomic E-state index is -0.191. The standard InChI is InChI=1S/C14H14BrNO2/c1-10(9-11-5-3-2-4-6-11)16-14(17)12-7-8-13(15)18-12/h2-8,10H,9H2,1H3,(H,16,17). The highest BCUT2D eigenvalue weighted by Gasteiger charge is 2.13. The molecule has 3 nitrogen and oxygen atoms in total. The molecule has 0 saturated carbocycles. The molecule has 18 heavy (non-hydrogen) atoms. The number of carbonyl (C=O) groups is 1. The van der Waals surface area contributed by atoms with Crippen LogP contribution in [0, 0.1) is 0 Å². The van der Waals surface area contributed by atoms with Gasteiger partial charge in [-0.05, 0) is 47.0 Å². The largest absolute Gasteiger partial charge is 0.444 e. The lowest BCUT2D eigenvalue weighted by atomic mass is 10.1. The average Bonchev–Trinajstić information content (AvgIpc) is 2.77. The van der Waals surface area contributed by atoms with E-state index in [1.165, 1.54) is 5.56 Å². The van der Waals surface area contributed by atoms with E-state index in [9.17, 15) is 4.79 Å². The number of nitrogens with one attached hydrogen (secondary N) is 1. The van der Waals surface area contributed by atoms with Gasteiger partial charge in [0.25, 0.3) is 5.91 Å². The van der Waals surface area contributed by atoms with E-state index >= 15 is 0 Å². The summed E-state index contributed by atoms with van der Waals surface area (Å²) in [7, 11) is 0. The molecule has 0 aliphatic carbocycles. The minimum Gasteiger partial charge on any atom is -0.444 e. The normalized spacial score (nSPS) is 12.1. The molecule has 1 amide bonds. The van der Waals surface area contributed by atoms with Crippen LogP contribution in [0.4, 0.5) is 0 Å². The first-order valence-corrected chi connectivity index (χ1v) is 6.54. The van der Waals surface area contributed by atoms with Crippen molar-refractivity contribution >= 4 is 21.8 Å². The zero-order valence-corrected chi connectivity index (χ0v) is 11.6. The second kappa shape index (κ2) is 5.87. The number of rotatable bonds is 4. The number of furan rings is 1. The minimum absolute atomic E-state index is 0.0591. The van der Waals surface area contributed by atoms with E-state index < -0.39 is 0 Å². The van der Waals surface area contributed by atoms with Gasteiger partial charge in [-0.1, -0.05) is 30.3 Å². The lowest BCUT2D eigenvalue weighted by molar-refractivity contribution is 0.0911. The molecule has 1 aromatic carbocycles. The Hall–Kier alpha value is -1.55. The maximum Gasteiger partial charge on any atom is 0.287 e. The monoisotopic (exact) mass is 307 g/mol. The van der Waals surface area contributed by atoms with Gasteiger partial charge in [-0.3, -0.25) is 4.79 Å². The van der Waals surface area contributed by atoms with Crippen LogP contribution in [-0.4, -0.2) is 11.9 Å². The Balaban J connectivity index is 1.92. The van der Waals surface area contributed by atoms with Crippen molar-refractivity contribution in [1.29, 1.82) is 0 Å². The van der Waals surface area contributed by atoms with E-state index in [0.717, 1.165) is 6.42 Å². The predicted octanol–water partition coefficient (Wildman–Crippen LogP) is 3.40. The highest BCUT2D eigenvalue weighted by Crippen LogP contribution is 2.14. The molecule has 0 fully saturated rings. The Morgan fingerprint density at radius 3 is 2.61 bits per heavy atom. The number of carbonyl (C=O) groups excluding carboxylic acids is 1. The van der Waals surface area contributed by atoms with Crippen LogP contribution in [0.2, 0.25) is 0 Å². The summed E-state index contributed by atoms with van der Waals surface area (Å²) >= 11 is 3.17. The fraction of sp³-hybridized carbons (Fsp3) is 0.214. The number of hydrogen-bond donors (Lipinski definition) is 1. The topological polar surface area (TPSA) is 42.2 Å². The van der Waals surface area contributed by atoms with Gasteiger partial charge in [0.1, 0.15) is 0 Å². The predicted molar refractivity (Wildman–Crippen MR) is 73.5 cm³/mol. The van der Waals surface area contributed by atoms with Gasteiger partial charge in [-0.15, -0.1) is 0 Å². The number of benzene rings is 1. The van der Waals surface area contributed by atoms with Crippen LogP contribution in [-0.2, 0) is 6.42 Å². The van der Waals surface area contributed by atoms with Gasteiger partial charge in [-0.25, -0.2) is 0 Å². The molecule has 0 radical (unpaired) electrons. The van der Waals surface area contributed by atoms with Crippen LogP contribution in [0.25, 0.3) is 0 Å². The molecule has 1 heterocycles. The van der Waals surface area contributed by atoms with E-state index in [0.29, 0.717) is 10.4 Å². The van der Waals surface area contributed by atoms with Crippen LogP contribution in [0.5, 0.6) is 0 Å². The Kier molecular flexibility index (Phi) is 4.20. The molecule has 2 aromatic rings. The third kappa shape index (κ3) is 3.47. The van der Waals surface area contributed by atoms with Gasteiger partial charge >= 0.3 is 0 Å².